The summed E-state index contributed by atoms with van der Waals surface area (Å²) in [6.45, 7) is 8.35. The van der Waals surface area contributed by atoms with Crippen LogP contribution in [0.25, 0.3) is 0 Å². The van der Waals surface area contributed by atoms with Crippen molar-refractivity contribution in [3.63, 3.8) is 0 Å². The average molecular weight is 268 g/mol. The molecule has 2 saturated heterocycles. The third-order valence-corrected chi connectivity index (χ3v) is 4.18. The summed E-state index contributed by atoms with van der Waals surface area (Å²) in [5.41, 5.74) is 0. The van der Waals surface area contributed by atoms with Crippen LogP contribution < -0.4 is 10.6 Å². The Morgan fingerprint density at radius 1 is 1.53 bits per heavy atom. The van der Waals surface area contributed by atoms with E-state index in [1.54, 1.807) is 0 Å². The summed E-state index contributed by atoms with van der Waals surface area (Å²) in [5.74, 6) is 0.876. The first-order chi connectivity index (χ1) is 9.22. The lowest BCUT2D eigenvalue weighted by atomic mass is 10.2. The minimum absolute atomic E-state index is 0.282. The van der Waals surface area contributed by atoms with Crippen molar-refractivity contribution in [1.29, 1.82) is 0 Å². The zero-order chi connectivity index (χ0) is 13.7. The van der Waals surface area contributed by atoms with Crippen LogP contribution in [0.2, 0.25) is 0 Å². The van der Waals surface area contributed by atoms with Crippen LogP contribution in [0.1, 0.15) is 33.1 Å². The van der Waals surface area contributed by atoms with Crippen LogP contribution in [0, 0.1) is 0 Å². The van der Waals surface area contributed by atoms with Crippen molar-refractivity contribution in [3.05, 3.63) is 0 Å². The molecule has 5 nitrogen and oxygen atoms in total. The van der Waals surface area contributed by atoms with E-state index in [0.29, 0.717) is 12.1 Å². The molecule has 0 amide bonds. The number of hydrogen-bond donors (Lipinski definition) is 2. The van der Waals surface area contributed by atoms with Crippen LogP contribution in [-0.2, 0) is 4.74 Å². The highest BCUT2D eigenvalue weighted by Gasteiger charge is 2.32. The van der Waals surface area contributed by atoms with Gasteiger partial charge in [0.25, 0.3) is 0 Å². The Hall–Kier alpha value is -0.810. The summed E-state index contributed by atoms with van der Waals surface area (Å²) in [5, 5.41) is 6.74. The summed E-state index contributed by atoms with van der Waals surface area (Å²) in [6.07, 6.45) is 4.00. The molecule has 2 aliphatic rings. The Labute approximate surface area is 116 Å². The van der Waals surface area contributed by atoms with Gasteiger partial charge in [-0.2, -0.15) is 0 Å². The highest BCUT2D eigenvalue weighted by molar-refractivity contribution is 5.79. The molecule has 3 atom stereocenters. The van der Waals surface area contributed by atoms with Gasteiger partial charge in [0.05, 0.1) is 12.7 Å². The van der Waals surface area contributed by atoms with Crippen molar-refractivity contribution < 1.29 is 4.74 Å². The molecule has 0 bridgehead atoms. The molecule has 0 aromatic carbocycles. The molecule has 0 aromatic heterocycles. The van der Waals surface area contributed by atoms with Crippen LogP contribution in [-0.4, -0.2) is 62.3 Å². The van der Waals surface area contributed by atoms with E-state index in [0.717, 1.165) is 32.1 Å². The Bertz CT molecular complexity index is 308. The topological polar surface area (TPSA) is 48.9 Å². The lowest BCUT2D eigenvalue weighted by Crippen LogP contribution is -2.52. The van der Waals surface area contributed by atoms with Crippen molar-refractivity contribution in [2.24, 2.45) is 4.99 Å². The maximum absolute atomic E-state index is 5.93. The molecule has 2 fully saturated rings. The van der Waals surface area contributed by atoms with Crippen molar-refractivity contribution in [1.82, 2.24) is 15.5 Å². The van der Waals surface area contributed by atoms with E-state index in [2.05, 4.69) is 34.4 Å². The molecule has 2 aliphatic heterocycles. The molecule has 0 unspecified atom stereocenters. The number of nitrogens with zero attached hydrogens (tertiary/aromatic N) is 2. The minimum atomic E-state index is 0.282. The molecule has 0 radical (unpaired) electrons. The zero-order valence-electron chi connectivity index (χ0n) is 12.5. The number of hydrogen-bond acceptors (Lipinski definition) is 3. The Morgan fingerprint density at radius 3 is 3.11 bits per heavy atom. The van der Waals surface area contributed by atoms with E-state index >= 15 is 0 Å². The predicted octanol–water partition coefficient (Wildman–Crippen LogP) is 0.813. The number of guanidine groups is 1. The van der Waals surface area contributed by atoms with Crippen LogP contribution in [0.3, 0.4) is 0 Å². The molecule has 0 aromatic rings. The van der Waals surface area contributed by atoms with Gasteiger partial charge < -0.3 is 15.4 Å². The fraction of sp³-hybridized carbons (Fsp3) is 0.929. The minimum Gasteiger partial charge on any atom is -0.373 e. The number of fused-ring (bicyclic) bond motifs is 1. The number of morpholine rings is 1. The number of aliphatic imine (C=N–C) groups is 1. The second kappa shape index (κ2) is 7.10. The van der Waals surface area contributed by atoms with Gasteiger partial charge in [0, 0.05) is 32.2 Å². The fourth-order valence-corrected chi connectivity index (χ4v) is 2.75. The SMILES string of the molecule is CC[C@H](C)NC(=NC)NC[C@@H]1CN2CCC[C@H]2CO1. The standard InChI is InChI=1S/C14H28N4O/c1-4-11(2)17-14(15-3)16-8-13-9-18-7-5-6-12(18)10-19-13/h11-13H,4-10H2,1-3H3,(H2,15,16,17)/t11-,12-,13+/m0/s1. The first-order valence-electron chi connectivity index (χ1n) is 7.55. The molecular weight excluding hydrogens is 240 g/mol. The molecule has 0 saturated carbocycles. The quantitative estimate of drug-likeness (QED) is 0.585. The second-order valence-electron chi connectivity index (χ2n) is 5.65. The summed E-state index contributed by atoms with van der Waals surface area (Å²) in [6, 6.07) is 1.12. The van der Waals surface area contributed by atoms with Crippen molar-refractivity contribution in [2.75, 3.05) is 33.3 Å². The van der Waals surface area contributed by atoms with E-state index < -0.39 is 0 Å². The molecule has 110 valence electrons. The predicted molar refractivity (Wildman–Crippen MR) is 78.6 cm³/mol. The van der Waals surface area contributed by atoms with Gasteiger partial charge in [-0.3, -0.25) is 9.89 Å². The smallest absolute Gasteiger partial charge is 0.191 e. The summed E-state index contributed by atoms with van der Waals surface area (Å²) in [4.78, 5) is 6.82. The zero-order valence-corrected chi connectivity index (χ0v) is 12.5. The van der Waals surface area contributed by atoms with Gasteiger partial charge in [0.1, 0.15) is 0 Å². The van der Waals surface area contributed by atoms with Crippen LogP contribution in [0.4, 0.5) is 0 Å². The highest BCUT2D eigenvalue weighted by Crippen LogP contribution is 2.22. The third-order valence-electron chi connectivity index (χ3n) is 4.18. The Balaban J connectivity index is 1.72. The number of rotatable bonds is 4. The van der Waals surface area contributed by atoms with Crippen LogP contribution in [0.5, 0.6) is 0 Å². The van der Waals surface area contributed by atoms with E-state index in [1.165, 1.54) is 19.4 Å². The molecule has 0 aliphatic carbocycles. The van der Waals surface area contributed by atoms with Crippen LogP contribution in [0.15, 0.2) is 4.99 Å². The molecule has 2 N–H and O–H groups in total. The molecular formula is C14H28N4O. The van der Waals surface area contributed by atoms with Crippen molar-refractivity contribution in [2.45, 2.75) is 51.3 Å². The Morgan fingerprint density at radius 2 is 2.37 bits per heavy atom. The first-order valence-corrected chi connectivity index (χ1v) is 7.55. The highest BCUT2D eigenvalue weighted by atomic mass is 16.5. The molecule has 2 heterocycles. The van der Waals surface area contributed by atoms with Gasteiger partial charge in [0.2, 0.25) is 0 Å². The molecule has 0 spiro atoms. The second-order valence-corrected chi connectivity index (χ2v) is 5.65. The lowest BCUT2D eigenvalue weighted by Gasteiger charge is -2.35. The van der Waals surface area contributed by atoms with Gasteiger partial charge in [-0.05, 0) is 32.7 Å². The molecule has 2 rings (SSSR count). The monoisotopic (exact) mass is 268 g/mol. The van der Waals surface area contributed by atoms with E-state index in [9.17, 15) is 0 Å². The largest absolute Gasteiger partial charge is 0.373 e. The third kappa shape index (κ3) is 4.08. The number of ether oxygens (including phenoxy) is 1. The molecule has 19 heavy (non-hydrogen) atoms. The fourth-order valence-electron chi connectivity index (χ4n) is 2.75. The average Bonchev–Trinajstić information content (AvgIpc) is 2.90. The van der Waals surface area contributed by atoms with Gasteiger partial charge in [-0.15, -0.1) is 0 Å². The number of nitrogens with one attached hydrogen (secondary N) is 2. The maximum atomic E-state index is 5.93. The lowest BCUT2D eigenvalue weighted by molar-refractivity contribution is -0.0453. The van der Waals surface area contributed by atoms with E-state index in [-0.39, 0.29) is 6.10 Å². The summed E-state index contributed by atoms with van der Waals surface area (Å²) in [7, 11) is 1.82. The van der Waals surface area contributed by atoms with E-state index in [4.69, 9.17) is 4.74 Å². The van der Waals surface area contributed by atoms with Gasteiger partial charge in [-0.25, -0.2) is 0 Å². The van der Waals surface area contributed by atoms with Gasteiger partial charge in [0.15, 0.2) is 5.96 Å². The first kappa shape index (κ1) is 14.6. The Kier molecular flexibility index (Phi) is 5.45. The van der Waals surface area contributed by atoms with Gasteiger partial charge in [-0.1, -0.05) is 6.92 Å². The van der Waals surface area contributed by atoms with E-state index in [1.807, 2.05) is 7.05 Å². The summed E-state index contributed by atoms with van der Waals surface area (Å²) >= 11 is 0. The van der Waals surface area contributed by atoms with Gasteiger partial charge >= 0.3 is 0 Å². The van der Waals surface area contributed by atoms with Crippen molar-refractivity contribution >= 4 is 5.96 Å². The molecule has 5 heteroatoms. The normalized spacial score (nSPS) is 29.9. The van der Waals surface area contributed by atoms with Crippen LogP contribution >= 0.6 is 0 Å². The van der Waals surface area contributed by atoms with Crippen molar-refractivity contribution in [3.8, 4) is 0 Å². The summed E-state index contributed by atoms with van der Waals surface area (Å²) < 4.78 is 5.93. The maximum Gasteiger partial charge on any atom is 0.191 e.